The van der Waals surface area contributed by atoms with E-state index >= 15 is 0 Å². The summed E-state index contributed by atoms with van der Waals surface area (Å²) in [6.45, 7) is 1.66. The van der Waals surface area contributed by atoms with E-state index in [1.54, 1.807) is 23.5 Å². The van der Waals surface area contributed by atoms with Crippen LogP contribution in [0.2, 0.25) is 0 Å². The minimum atomic E-state index is -0.942. The molecule has 26 heavy (non-hydrogen) atoms. The Balaban J connectivity index is 1.52. The van der Waals surface area contributed by atoms with Crippen molar-refractivity contribution in [3.8, 4) is 0 Å². The van der Waals surface area contributed by atoms with E-state index in [9.17, 15) is 9.90 Å². The van der Waals surface area contributed by atoms with Gasteiger partial charge in [-0.1, -0.05) is 6.07 Å². The molecule has 0 radical (unpaired) electrons. The molecule has 2 aromatic heterocycles. The van der Waals surface area contributed by atoms with Gasteiger partial charge in [-0.3, -0.25) is 0 Å². The van der Waals surface area contributed by atoms with Crippen LogP contribution >= 0.6 is 11.3 Å². The van der Waals surface area contributed by atoms with Gasteiger partial charge in [-0.15, -0.1) is 11.3 Å². The molecule has 1 saturated heterocycles. The Bertz CT molecular complexity index is 927. The smallest absolute Gasteiger partial charge is 0.335 e. The van der Waals surface area contributed by atoms with Crippen molar-refractivity contribution < 1.29 is 15.0 Å². The number of fused-ring (bicyclic) bond motifs is 1. The van der Waals surface area contributed by atoms with Crippen LogP contribution in [0.1, 0.15) is 34.2 Å². The zero-order valence-electron chi connectivity index (χ0n) is 14.5. The molecule has 1 fully saturated rings. The van der Waals surface area contributed by atoms with Crippen molar-refractivity contribution in [3.05, 3.63) is 46.2 Å². The van der Waals surface area contributed by atoms with Crippen LogP contribution < -0.4 is 4.90 Å². The second kappa shape index (κ2) is 6.74. The van der Waals surface area contributed by atoms with Crippen molar-refractivity contribution in [2.45, 2.75) is 18.9 Å². The molecule has 0 aliphatic carbocycles. The number of aromatic nitrogens is 2. The number of aryl methyl sites for hydroxylation is 1. The lowest BCUT2D eigenvalue weighted by Gasteiger charge is -2.34. The van der Waals surface area contributed by atoms with Gasteiger partial charge >= 0.3 is 5.97 Å². The third kappa shape index (κ3) is 2.97. The fourth-order valence-electron chi connectivity index (χ4n) is 3.71. The predicted octanol–water partition coefficient (Wildman–Crippen LogP) is 3.28. The molecule has 3 heterocycles. The van der Waals surface area contributed by atoms with Crippen LogP contribution in [0.5, 0.6) is 0 Å². The molecule has 0 saturated carbocycles. The lowest BCUT2D eigenvalue weighted by molar-refractivity contribution is 0.0697. The number of nitrogens with zero attached hydrogens (tertiary/aromatic N) is 3. The van der Waals surface area contributed by atoms with Gasteiger partial charge in [0.05, 0.1) is 22.7 Å². The number of piperidine rings is 1. The first kappa shape index (κ1) is 17.1. The van der Waals surface area contributed by atoms with E-state index in [1.807, 2.05) is 35.2 Å². The normalized spacial score (nSPS) is 16.9. The van der Waals surface area contributed by atoms with Crippen LogP contribution in [0.3, 0.4) is 0 Å². The molecule has 1 aliphatic heterocycles. The highest BCUT2D eigenvalue weighted by molar-refractivity contribution is 7.10. The van der Waals surface area contributed by atoms with Gasteiger partial charge in [0.15, 0.2) is 0 Å². The summed E-state index contributed by atoms with van der Waals surface area (Å²) >= 11 is 1.60. The van der Waals surface area contributed by atoms with Crippen molar-refractivity contribution in [1.29, 1.82) is 0 Å². The molecular weight excluding hydrogens is 350 g/mol. The van der Waals surface area contributed by atoms with Gasteiger partial charge in [0.1, 0.15) is 0 Å². The Morgan fingerprint density at radius 1 is 1.31 bits per heavy atom. The monoisotopic (exact) mass is 371 g/mol. The van der Waals surface area contributed by atoms with Gasteiger partial charge in [-0.2, -0.15) is 0 Å². The van der Waals surface area contributed by atoms with E-state index in [2.05, 4.69) is 9.88 Å². The number of carboxylic acid groups (broad SMARTS) is 1. The Morgan fingerprint density at radius 3 is 2.73 bits per heavy atom. The van der Waals surface area contributed by atoms with E-state index in [1.165, 1.54) is 0 Å². The Morgan fingerprint density at radius 2 is 2.08 bits per heavy atom. The van der Waals surface area contributed by atoms with Crippen LogP contribution in [0.15, 0.2) is 35.7 Å². The number of benzene rings is 1. The number of rotatable bonds is 4. The number of hydrogen-bond donors (Lipinski definition) is 2. The van der Waals surface area contributed by atoms with Crippen LogP contribution in [0.4, 0.5) is 5.95 Å². The molecule has 0 spiro atoms. The molecule has 0 bridgehead atoms. The molecule has 7 heteroatoms. The van der Waals surface area contributed by atoms with Gasteiger partial charge in [-0.25, -0.2) is 9.78 Å². The summed E-state index contributed by atoms with van der Waals surface area (Å²) in [6, 6.07) is 9.01. The summed E-state index contributed by atoms with van der Waals surface area (Å²) in [5.74, 6) is 0.173. The average Bonchev–Trinajstić information content (AvgIpc) is 3.29. The van der Waals surface area contributed by atoms with Crippen LogP contribution in [-0.4, -0.2) is 38.8 Å². The van der Waals surface area contributed by atoms with E-state index in [4.69, 9.17) is 5.11 Å². The second-order valence-corrected chi connectivity index (χ2v) is 7.74. The molecule has 4 rings (SSSR count). The summed E-state index contributed by atoms with van der Waals surface area (Å²) in [5.41, 5.74) is 1.87. The molecule has 1 atom stereocenters. The van der Waals surface area contributed by atoms with Gasteiger partial charge < -0.3 is 19.7 Å². The Hall–Kier alpha value is -2.38. The first-order chi connectivity index (χ1) is 12.5. The van der Waals surface area contributed by atoms with Crippen LogP contribution in [-0.2, 0) is 7.05 Å². The van der Waals surface area contributed by atoms with E-state index in [0.29, 0.717) is 5.52 Å². The van der Waals surface area contributed by atoms with Crippen LogP contribution in [0, 0.1) is 5.92 Å². The van der Waals surface area contributed by atoms with Crippen molar-refractivity contribution in [2.75, 3.05) is 18.0 Å². The minimum Gasteiger partial charge on any atom is -0.478 e. The number of hydrogen-bond acceptors (Lipinski definition) is 5. The number of carbonyl (C=O) groups is 1. The summed E-state index contributed by atoms with van der Waals surface area (Å²) < 4.78 is 2.01. The molecular formula is C19H21N3O3S. The quantitative estimate of drug-likeness (QED) is 0.736. The third-order valence-corrected chi connectivity index (χ3v) is 6.15. The lowest BCUT2D eigenvalue weighted by atomic mass is 9.90. The minimum absolute atomic E-state index is 0.250. The molecule has 1 aliphatic rings. The SMILES string of the molecule is Cn1c(N2CCC(C(O)c3cccs3)CC2)nc2cc(C(=O)O)ccc21. The highest BCUT2D eigenvalue weighted by Crippen LogP contribution is 2.34. The molecule has 3 aromatic rings. The van der Waals surface area contributed by atoms with Gasteiger partial charge in [-0.05, 0) is 48.4 Å². The maximum absolute atomic E-state index is 11.2. The summed E-state index contributed by atoms with van der Waals surface area (Å²) in [5, 5.41) is 21.7. The molecule has 2 N–H and O–H groups in total. The highest BCUT2D eigenvalue weighted by atomic mass is 32.1. The maximum atomic E-state index is 11.2. The van der Waals surface area contributed by atoms with Crippen molar-refractivity contribution in [2.24, 2.45) is 13.0 Å². The third-order valence-electron chi connectivity index (χ3n) is 5.21. The Kier molecular flexibility index (Phi) is 4.42. The topological polar surface area (TPSA) is 78.6 Å². The second-order valence-electron chi connectivity index (χ2n) is 6.76. The average molecular weight is 371 g/mol. The number of aliphatic hydroxyl groups is 1. The summed E-state index contributed by atoms with van der Waals surface area (Å²) in [4.78, 5) is 19.1. The molecule has 1 unspecified atom stereocenters. The standard InChI is InChI=1S/C19H21N3O3S/c1-21-15-5-4-13(18(24)25)11-14(15)20-19(21)22-8-6-12(7-9-22)17(23)16-3-2-10-26-16/h2-5,10-12,17,23H,6-9H2,1H3,(H,24,25). The van der Waals surface area contributed by atoms with Gasteiger partial charge in [0, 0.05) is 25.0 Å². The first-order valence-electron chi connectivity index (χ1n) is 8.71. The predicted molar refractivity (Wildman–Crippen MR) is 102 cm³/mol. The molecule has 136 valence electrons. The molecule has 1 aromatic carbocycles. The molecule has 6 nitrogen and oxygen atoms in total. The number of anilines is 1. The highest BCUT2D eigenvalue weighted by Gasteiger charge is 2.28. The number of aromatic carboxylic acids is 1. The van der Waals surface area contributed by atoms with Gasteiger partial charge in [0.2, 0.25) is 5.95 Å². The number of aliphatic hydroxyl groups excluding tert-OH is 1. The van der Waals surface area contributed by atoms with Crippen LogP contribution in [0.25, 0.3) is 11.0 Å². The van der Waals surface area contributed by atoms with E-state index < -0.39 is 12.1 Å². The van der Waals surface area contributed by atoms with Gasteiger partial charge in [0.25, 0.3) is 0 Å². The fraction of sp³-hybridized carbons (Fsp3) is 0.368. The zero-order valence-corrected chi connectivity index (χ0v) is 15.3. The molecule has 0 amide bonds. The van der Waals surface area contributed by atoms with Crippen molar-refractivity contribution in [3.63, 3.8) is 0 Å². The van der Waals surface area contributed by atoms with E-state index in [-0.39, 0.29) is 11.5 Å². The number of carboxylic acids is 1. The van der Waals surface area contributed by atoms with Crippen molar-refractivity contribution >= 4 is 34.3 Å². The largest absolute Gasteiger partial charge is 0.478 e. The number of thiophene rings is 1. The summed E-state index contributed by atoms with van der Waals surface area (Å²) in [6.07, 6.45) is 1.42. The first-order valence-corrected chi connectivity index (χ1v) is 9.58. The lowest BCUT2D eigenvalue weighted by Crippen LogP contribution is -2.37. The maximum Gasteiger partial charge on any atom is 0.335 e. The number of imidazole rings is 1. The van der Waals surface area contributed by atoms with Crippen molar-refractivity contribution in [1.82, 2.24) is 9.55 Å². The summed E-state index contributed by atoms with van der Waals surface area (Å²) in [7, 11) is 1.96. The zero-order chi connectivity index (χ0) is 18.3. The Labute approximate surface area is 155 Å². The van der Waals surface area contributed by atoms with E-state index in [0.717, 1.165) is 42.3 Å². The fourth-order valence-corrected chi connectivity index (χ4v) is 4.51.